The Kier molecular flexibility index (Phi) is 7.02. The van der Waals surface area contributed by atoms with Gasteiger partial charge in [-0.1, -0.05) is 13.8 Å². The van der Waals surface area contributed by atoms with E-state index in [2.05, 4.69) is 13.8 Å². The average molecular weight is 580 g/mol. The standard InChI is InChI=1S/C31H37N3O8/c1-13(2)9-15-7-8-20(42-15)17-12-19(33(3)4)16-10-14-11-18-24(34(5)6)27(37)23(30(32)40)29(39)31(18,41)28(38)21(14)26(36)22(16)25(17)35/h7-8,12-14,18,24,35-36,39,41H,9-11H2,1-6H3,(H2,32,40)/t14-,18-,24-,31-/m0/s1. The van der Waals surface area contributed by atoms with Crippen LogP contribution in [0.5, 0.6) is 5.75 Å². The zero-order valence-electron chi connectivity index (χ0n) is 24.6. The molecule has 6 N–H and O–H groups in total. The minimum Gasteiger partial charge on any atom is -0.508 e. The normalized spacial score (nSPS) is 25.6. The van der Waals surface area contributed by atoms with Gasteiger partial charge in [-0.05, 0) is 62.5 Å². The van der Waals surface area contributed by atoms with Gasteiger partial charge in [-0.15, -0.1) is 0 Å². The Hall–Kier alpha value is -4.09. The summed E-state index contributed by atoms with van der Waals surface area (Å²) < 4.78 is 6.03. The number of aromatic hydroxyl groups is 1. The molecule has 0 unspecified atom stereocenters. The van der Waals surface area contributed by atoms with E-state index >= 15 is 0 Å². The Morgan fingerprint density at radius 1 is 1.14 bits per heavy atom. The van der Waals surface area contributed by atoms with Gasteiger partial charge in [0.2, 0.25) is 5.78 Å². The summed E-state index contributed by atoms with van der Waals surface area (Å²) >= 11 is 0. The number of carbonyl (C=O) groups excluding carboxylic acids is 3. The highest BCUT2D eigenvalue weighted by molar-refractivity contribution is 6.24. The first-order valence-corrected chi connectivity index (χ1v) is 13.9. The average Bonchev–Trinajstić information content (AvgIpc) is 3.33. The van der Waals surface area contributed by atoms with Crippen molar-refractivity contribution in [3.63, 3.8) is 0 Å². The van der Waals surface area contributed by atoms with Crippen LogP contribution in [0.15, 0.2) is 39.5 Å². The first kappa shape index (κ1) is 29.4. The molecule has 0 bridgehead atoms. The molecule has 0 spiro atoms. The molecule has 3 aliphatic carbocycles. The summed E-state index contributed by atoms with van der Waals surface area (Å²) in [6.07, 6.45) is 0.919. The highest BCUT2D eigenvalue weighted by Crippen LogP contribution is 2.55. The first-order chi connectivity index (χ1) is 19.6. The highest BCUT2D eigenvalue weighted by Gasteiger charge is 2.64. The number of fused-ring (bicyclic) bond motifs is 3. The molecule has 1 heterocycles. The van der Waals surface area contributed by atoms with Crippen LogP contribution < -0.4 is 10.6 Å². The van der Waals surface area contributed by atoms with Gasteiger partial charge in [-0.2, -0.15) is 0 Å². The van der Waals surface area contributed by atoms with Crippen LogP contribution in [0.25, 0.3) is 17.1 Å². The zero-order valence-corrected chi connectivity index (χ0v) is 24.6. The topological polar surface area (TPSA) is 178 Å². The summed E-state index contributed by atoms with van der Waals surface area (Å²) in [7, 11) is 6.77. The van der Waals surface area contributed by atoms with E-state index in [4.69, 9.17) is 10.2 Å². The molecule has 4 atom stereocenters. The predicted octanol–water partition coefficient (Wildman–Crippen LogP) is 2.49. The number of nitrogens with two attached hydrogens (primary N) is 1. The summed E-state index contributed by atoms with van der Waals surface area (Å²) in [6, 6.07) is 4.20. The second kappa shape index (κ2) is 10.0. The number of benzene rings is 1. The number of likely N-dealkylation sites (N-methyl/N-ethyl adjacent to an activating group) is 1. The van der Waals surface area contributed by atoms with Gasteiger partial charge in [-0.3, -0.25) is 19.3 Å². The molecular weight excluding hydrogens is 542 g/mol. The number of phenols is 1. The number of nitrogens with zero attached hydrogens (tertiary/aromatic N) is 2. The predicted molar refractivity (Wildman–Crippen MR) is 155 cm³/mol. The molecule has 1 aromatic carbocycles. The summed E-state index contributed by atoms with van der Waals surface area (Å²) in [4.78, 5) is 42.9. The summed E-state index contributed by atoms with van der Waals surface area (Å²) in [6.45, 7) is 4.12. The maximum atomic E-state index is 14.1. The van der Waals surface area contributed by atoms with E-state index in [1.165, 1.54) is 4.90 Å². The van der Waals surface area contributed by atoms with Crippen molar-refractivity contribution >= 4 is 28.9 Å². The monoisotopic (exact) mass is 579 g/mol. The number of primary amides is 1. The van der Waals surface area contributed by atoms with Crippen LogP contribution in [0, 0.1) is 17.8 Å². The largest absolute Gasteiger partial charge is 0.508 e. The van der Waals surface area contributed by atoms with Crippen molar-refractivity contribution in [3.8, 4) is 17.1 Å². The molecule has 0 saturated heterocycles. The Bertz CT molecular complexity index is 1580. The number of carbonyl (C=O) groups is 3. The smallest absolute Gasteiger partial charge is 0.255 e. The minimum absolute atomic E-state index is 0.0225. The lowest BCUT2D eigenvalue weighted by atomic mass is 9.57. The number of anilines is 1. The van der Waals surface area contributed by atoms with Crippen molar-refractivity contribution in [2.75, 3.05) is 33.1 Å². The van der Waals surface area contributed by atoms with E-state index < -0.39 is 58.0 Å². The van der Waals surface area contributed by atoms with E-state index in [1.807, 2.05) is 25.1 Å². The Morgan fingerprint density at radius 2 is 1.81 bits per heavy atom. The van der Waals surface area contributed by atoms with Crippen molar-refractivity contribution in [2.45, 2.75) is 44.8 Å². The molecule has 3 aliphatic rings. The van der Waals surface area contributed by atoms with Crippen LogP contribution in [-0.2, 0) is 27.2 Å². The van der Waals surface area contributed by atoms with Crippen LogP contribution >= 0.6 is 0 Å². The zero-order chi connectivity index (χ0) is 31.0. The van der Waals surface area contributed by atoms with Gasteiger partial charge in [-0.25, -0.2) is 0 Å². The molecule has 0 aliphatic heterocycles. The summed E-state index contributed by atoms with van der Waals surface area (Å²) in [5, 5.41) is 46.1. The molecule has 11 heteroatoms. The Labute approximate surface area is 243 Å². The second-order valence-corrected chi connectivity index (χ2v) is 12.4. The molecule has 1 fully saturated rings. The maximum Gasteiger partial charge on any atom is 0.255 e. The van der Waals surface area contributed by atoms with Crippen LogP contribution in [0.2, 0.25) is 0 Å². The third-order valence-electron chi connectivity index (χ3n) is 8.72. The molecule has 11 nitrogen and oxygen atoms in total. The van der Waals surface area contributed by atoms with Gasteiger partial charge >= 0.3 is 0 Å². The summed E-state index contributed by atoms with van der Waals surface area (Å²) in [5.74, 6) is -5.37. The second-order valence-electron chi connectivity index (χ2n) is 12.4. The van der Waals surface area contributed by atoms with Gasteiger partial charge in [0.25, 0.3) is 5.91 Å². The fourth-order valence-electron chi connectivity index (χ4n) is 6.91. The van der Waals surface area contributed by atoms with E-state index in [0.717, 1.165) is 5.76 Å². The van der Waals surface area contributed by atoms with Crippen molar-refractivity contribution in [3.05, 3.63) is 52.0 Å². The number of aliphatic hydroxyl groups is 3. The molecule has 42 heavy (non-hydrogen) atoms. The third kappa shape index (κ3) is 4.13. The van der Waals surface area contributed by atoms with Gasteiger partial charge in [0.1, 0.15) is 34.4 Å². The SMILES string of the molecule is CC(C)Cc1ccc(-c2cc(N(C)C)c3c(c2O)C(O)=C2C(=O)[C@]4(O)C(O)=C(C(N)=O)C(=O)[C@@H](N(C)C)[C@@H]4C[C@@H]2C3)o1. The van der Waals surface area contributed by atoms with Crippen LogP contribution in [-0.4, -0.2) is 82.6 Å². The number of aliphatic hydroxyl groups excluding tert-OH is 2. The number of phenolic OH excluding ortho intramolecular Hbond substituents is 1. The highest BCUT2D eigenvalue weighted by atomic mass is 16.4. The van der Waals surface area contributed by atoms with E-state index in [9.17, 15) is 34.8 Å². The maximum absolute atomic E-state index is 14.1. The van der Waals surface area contributed by atoms with Crippen LogP contribution in [0.3, 0.4) is 0 Å². The minimum atomic E-state index is -2.69. The molecule has 0 radical (unpaired) electrons. The van der Waals surface area contributed by atoms with Crippen molar-refractivity contribution < 1.29 is 39.2 Å². The molecular formula is C31H37N3O8. The Balaban J connectivity index is 1.73. The van der Waals surface area contributed by atoms with Crippen molar-refractivity contribution in [2.24, 2.45) is 23.5 Å². The number of rotatable bonds is 6. The van der Waals surface area contributed by atoms with Crippen LogP contribution in [0.1, 0.15) is 37.2 Å². The first-order valence-electron chi connectivity index (χ1n) is 13.9. The van der Waals surface area contributed by atoms with Gasteiger partial charge < -0.3 is 35.5 Å². The lowest BCUT2D eigenvalue weighted by Gasteiger charge is -2.50. The summed E-state index contributed by atoms with van der Waals surface area (Å²) in [5.41, 5.74) is 3.28. The fourth-order valence-corrected chi connectivity index (χ4v) is 6.91. The molecule has 1 saturated carbocycles. The fraction of sp³-hybridized carbons (Fsp3) is 0.452. The molecule has 1 aromatic heterocycles. The third-order valence-corrected chi connectivity index (χ3v) is 8.72. The van der Waals surface area contributed by atoms with E-state index in [-0.39, 0.29) is 29.7 Å². The van der Waals surface area contributed by atoms with Crippen LogP contribution in [0.4, 0.5) is 5.69 Å². The molecule has 224 valence electrons. The number of ketones is 2. The molecule has 5 rings (SSSR count). The van der Waals surface area contributed by atoms with E-state index in [1.54, 1.807) is 26.2 Å². The van der Waals surface area contributed by atoms with Gasteiger partial charge in [0.05, 0.1) is 17.2 Å². The number of hydrogen-bond donors (Lipinski definition) is 5. The van der Waals surface area contributed by atoms with Gasteiger partial charge in [0.15, 0.2) is 11.4 Å². The molecule has 1 amide bonds. The van der Waals surface area contributed by atoms with Crippen molar-refractivity contribution in [1.82, 2.24) is 4.90 Å². The number of hydrogen-bond acceptors (Lipinski definition) is 10. The lowest BCUT2D eigenvalue weighted by molar-refractivity contribution is -0.153. The van der Waals surface area contributed by atoms with Crippen molar-refractivity contribution in [1.29, 1.82) is 0 Å². The number of amides is 1. The number of Topliss-reactive ketones (excluding diaryl/α,β-unsaturated/α-hetero) is 2. The Morgan fingerprint density at radius 3 is 2.38 bits per heavy atom. The van der Waals surface area contributed by atoms with Gasteiger partial charge in [0, 0.05) is 37.7 Å². The number of furan rings is 1. The lowest BCUT2D eigenvalue weighted by Crippen LogP contribution is -2.65. The quantitative estimate of drug-likeness (QED) is 0.319. The van der Waals surface area contributed by atoms with E-state index in [0.29, 0.717) is 34.9 Å². The molecule has 2 aromatic rings.